The van der Waals surface area contributed by atoms with Crippen molar-refractivity contribution in [3.05, 3.63) is 52.7 Å². The molecule has 4 heteroatoms. The first-order chi connectivity index (χ1) is 9.54. The zero-order valence-corrected chi connectivity index (χ0v) is 12.7. The van der Waals surface area contributed by atoms with Gasteiger partial charge in [0.2, 0.25) is 5.88 Å². The van der Waals surface area contributed by atoms with Gasteiger partial charge in [-0.3, -0.25) is 0 Å². The van der Waals surface area contributed by atoms with Crippen LogP contribution < -0.4 is 10.1 Å². The van der Waals surface area contributed by atoms with Crippen molar-refractivity contribution in [3.8, 4) is 11.6 Å². The first-order valence-electron chi connectivity index (χ1n) is 6.67. The van der Waals surface area contributed by atoms with E-state index in [2.05, 4.69) is 24.1 Å². The Morgan fingerprint density at radius 2 is 2.05 bits per heavy atom. The molecule has 0 aliphatic heterocycles. The van der Waals surface area contributed by atoms with Gasteiger partial charge in [-0.1, -0.05) is 31.5 Å². The maximum absolute atomic E-state index is 5.99. The molecule has 0 unspecified atom stereocenters. The maximum Gasteiger partial charge on any atom is 0.219 e. The van der Waals surface area contributed by atoms with Gasteiger partial charge in [-0.15, -0.1) is 0 Å². The summed E-state index contributed by atoms with van der Waals surface area (Å²) in [6.45, 7) is 7.02. The summed E-state index contributed by atoms with van der Waals surface area (Å²) in [4.78, 5) is 4.24. The lowest BCUT2D eigenvalue weighted by Crippen LogP contribution is -2.21. The van der Waals surface area contributed by atoms with E-state index >= 15 is 0 Å². The molecular formula is C16H19ClN2O. The third kappa shape index (κ3) is 4.22. The van der Waals surface area contributed by atoms with Gasteiger partial charge in [-0.2, -0.15) is 0 Å². The van der Waals surface area contributed by atoms with Gasteiger partial charge in [-0.25, -0.2) is 4.98 Å². The molecule has 0 bridgehead atoms. The molecule has 1 aromatic heterocycles. The topological polar surface area (TPSA) is 34.1 Å². The third-order valence-corrected chi connectivity index (χ3v) is 3.11. The van der Waals surface area contributed by atoms with E-state index in [1.807, 2.05) is 31.2 Å². The number of benzene rings is 1. The Hall–Kier alpha value is -1.58. The number of halogens is 1. The molecular weight excluding hydrogens is 272 g/mol. The number of hydrogen-bond donors (Lipinski definition) is 1. The first-order valence-corrected chi connectivity index (χ1v) is 7.04. The fourth-order valence-corrected chi connectivity index (χ4v) is 1.90. The van der Waals surface area contributed by atoms with E-state index in [1.54, 1.807) is 12.3 Å². The molecule has 2 rings (SSSR count). The molecule has 3 nitrogen and oxygen atoms in total. The lowest BCUT2D eigenvalue weighted by molar-refractivity contribution is 0.458. The molecule has 1 heterocycles. The van der Waals surface area contributed by atoms with E-state index in [-0.39, 0.29) is 0 Å². The van der Waals surface area contributed by atoms with Crippen molar-refractivity contribution >= 4 is 11.6 Å². The summed E-state index contributed by atoms with van der Waals surface area (Å²) in [5, 5.41) is 4.02. The van der Waals surface area contributed by atoms with Gasteiger partial charge >= 0.3 is 0 Å². The average Bonchev–Trinajstić information content (AvgIpc) is 2.41. The Morgan fingerprint density at radius 3 is 2.80 bits per heavy atom. The Kier molecular flexibility index (Phi) is 4.99. The number of aryl methyl sites for hydroxylation is 1. The van der Waals surface area contributed by atoms with Crippen LogP contribution in [-0.2, 0) is 6.54 Å². The summed E-state index contributed by atoms with van der Waals surface area (Å²) in [7, 11) is 0. The zero-order chi connectivity index (χ0) is 14.5. The molecule has 0 spiro atoms. The van der Waals surface area contributed by atoms with Gasteiger partial charge in [0.05, 0.1) is 0 Å². The van der Waals surface area contributed by atoms with Gasteiger partial charge in [-0.05, 0) is 36.2 Å². The normalized spacial score (nSPS) is 10.8. The number of rotatable bonds is 5. The molecule has 0 saturated heterocycles. The Labute approximate surface area is 124 Å². The molecule has 0 aliphatic carbocycles. The van der Waals surface area contributed by atoms with Crippen LogP contribution in [0.2, 0.25) is 5.02 Å². The van der Waals surface area contributed by atoms with Crippen LogP contribution in [-0.4, -0.2) is 11.0 Å². The van der Waals surface area contributed by atoms with Gasteiger partial charge in [0, 0.05) is 29.9 Å². The van der Waals surface area contributed by atoms with E-state index in [1.165, 1.54) is 0 Å². The summed E-state index contributed by atoms with van der Waals surface area (Å²) >= 11 is 5.99. The number of pyridine rings is 1. The minimum atomic E-state index is 0.447. The van der Waals surface area contributed by atoms with Gasteiger partial charge < -0.3 is 10.1 Å². The molecule has 0 fully saturated rings. The molecule has 1 aromatic carbocycles. The van der Waals surface area contributed by atoms with E-state index in [0.29, 0.717) is 16.9 Å². The predicted octanol–water partition coefficient (Wildman–Crippen LogP) is 4.33. The summed E-state index contributed by atoms with van der Waals surface area (Å²) in [5.74, 6) is 1.32. The monoisotopic (exact) mass is 290 g/mol. The van der Waals surface area contributed by atoms with Crippen molar-refractivity contribution in [1.82, 2.24) is 10.3 Å². The van der Waals surface area contributed by atoms with E-state index in [0.717, 1.165) is 23.4 Å². The minimum Gasteiger partial charge on any atom is -0.439 e. The highest BCUT2D eigenvalue weighted by atomic mass is 35.5. The quantitative estimate of drug-likeness (QED) is 0.890. The molecule has 0 amide bonds. The molecule has 106 valence electrons. The lowest BCUT2D eigenvalue weighted by atomic mass is 10.2. The first kappa shape index (κ1) is 14.8. The van der Waals surface area contributed by atoms with Crippen LogP contribution in [0.1, 0.15) is 25.0 Å². The zero-order valence-electron chi connectivity index (χ0n) is 12.0. The second-order valence-corrected chi connectivity index (χ2v) is 5.49. The Balaban J connectivity index is 2.13. The second kappa shape index (κ2) is 6.73. The van der Waals surface area contributed by atoms with Crippen LogP contribution in [0, 0.1) is 6.92 Å². The SMILES string of the molecule is Cc1ccc(Cl)cc1Oc1cc(CNC(C)C)ccn1. The predicted molar refractivity (Wildman–Crippen MR) is 82.5 cm³/mol. The molecule has 0 aliphatic rings. The smallest absolute Gasteiger partial charge is 0.219 e. The Bertz CT molecular complexity index is 584. The summed E-state index contributed by atoms with van der Waals surface area (Å²) in [5.41, 5.74) is 2.17. The van der Waals surface area contributed by atoms with Crippen LogP contribution in [0.3, 0.4) is 0 Å². The second-order valence-electron chi connectivity index (χ2n) is 5.05. The fraction of sp³-hybridized carbons (Fsp3) is 0.312. The van der Waals surface area contributed by atoms with Crippen LogP contribution in [0.15, 0.2) is 36.5 Å². The lowest BCUT2D eigenvalue weighted by Gasteiger charge is -2.11. The van der Waals surface area contributed by atoms with Crippen molar-refractivity contribution in [2.45, 2.75) is 33.4 Å². The Morgan fingerprint density at radius 1 is 1.25 bits per heavy atom. The molecule has 0 atom stereocenters. The van der Waals surface area contributed by atoms with Crippen molar-refractivity contribution in [3.63, 3.8) is 0 Å². The van der Waals surface area contributed by atoms with E-state index < -0.39 is 0 Å². The summed E-state index contributed by atoms with van der Waals surface area (Å²) in [6.07, 6.45) is 1.76. The van der Waals surface area contributed by atoms with Gasteiger partial charge in [0.25, 0.3) is 0 Å². The molecule has 0 radical (unpaired) electrons. The molecule has 2 aromatic rings. The van der Waals surface area contributed by atoms with Crippen LogP contribution in [0.25, 0.3) is 0 Å². The number of nitrogens with zero attached hydrogens (tertiary/aromatic N) is 1. The molecule has 1 N–H and O–H groups in total. The van der Waals surface area contributed by atoms with Crippen LogP contribution in [0.4, 0.5) is 0 Å². The number of ether oxygens (including phenoxy) is 1. The highest BCUT2D eigenvalue weighted by molar-refractivity contribution is 6.30. The minimum absolute atomic E-state index is 0.447. The van der Waals surface area contributed by atoms with Crippen molar-refractivity contribution in [2.24, 2.45) is 0 Å². The number of nitrogens with one attached hydrogen (secondary N) is 1. The van der Waals surface area contributed by atoms with E-state index in [9.17, 15) is 0 Å². The highest BCUT2D eigenvalue weighted by Crippen LogP contribution is 2.27. The van der Waals surface area contributed by atoms with E-state index in [4.69, 9.17) is 16.3 Å². The standard InChI is InChI=1S/C16H19ClN2O/c1-11(2)19-10-13-6-7-18-16(8-13)20-15-9-14(17)5-4-12(15)3/h4-9,11,19H,10H2,1-3H3. The third-order valence-electron chi connectivity index (χ3n) is 2.88. The highest BCUT2D eigenvalue weighted by Gasteiger charge is 2.05. The largest absolute Gasteiger partial charge is 0.439 e. The molecule has 0 saturated carbocycles. The van der Waals surface area contributed by atoms with Crippen molar-refractivity contribution < 1.29 is 4.74 Å². The fourth-order valence-electron chi connectivity index (χ4n) is 1.73. The van der Waals surface area contributed by atoms with Crippen molar-refractivity contribution in [1.29, 1.82) is 0 Å². The van der Waals surface area contributed by atoms with Crippen molar-refractivity contribution in [2.75, 3.05) is 0 Å². The summed E-state index contributed by atoms with van der Waals surface area (Å²) < 4.78 is 5.81. The number of aromatic nitrogens is 1. The maximum atomic E-state index is 5.99. The molecule has 20 heavy (non-hydrogen) atoms. The number of hydrogen-bond acceptors (Lipinski definition) is 3. The van der Waals surface area contributed by atoms with Crippen LogP contribution >= 0.6 is 11.6 Å². The average molecular weight is 291 g/mol. The summed E-state index contributed by atoms with van der Waals surface area (Å²) in [6, 6.07) is 9.95. The van der Waals surface area contributed by atoms with Crippen LogP contribution in [0.5, 0.6) is 11.6 Å². The van der Waals surface area contributed by atoms with Gasteiger partial charge in [0.1, 0.15) is 5.75 Å². The van der Waals surface area contributed by atoms with Gasteiger partial charge in [0.15, 0.2) is 0 Å².